The van der Waals surface area contributed by atoms with Crippen LogP contribution in [0.4, 0.5) is 0 Å². The summed E-state index contributed by atoms with van der Waals surface area (Å²) in [5.41, 5.74) is 0. The van der Waals surface area contributed by atoms with E-state index in [1.807, 2.05) is 0 Å². The van der Waals surface area contributed by atoms with Crippen LogP contribution in [0.25, 0.3) is 0 Å². The molecule has 98 valence electrons. The van der Waals surface area contributed by atoms with Gasteiger partial charge in [-0.2, -0.15) is 8.42 Å². The average Bonchev–Trinajstić information content (AvgIpc) is 2.27. The summed E-state index contributed by atoms with van der Waals surface area (Å²) in [6.07, 6.45) is 9.44. The highest BCUT2D eigenvalue weighted by Crippen LogP contribution is 2.32. The van der Waals surface area contributed by atoms with Crippen LogP contribution in [0.3, 0.4) is 0 Å². The minimum Gasteiger partial charge on any atom is -0.286 e. The summed E-state index contributed by atoms with van der Waals surface area (Å²) in [5, 5.41) is 0. The van der Waals surface area contributed by atoms with Crippen molar-refractivity contribution in [2.75, 3.05) is 18.8 Å². The van der Waals surface area contributed by atoms with Crippen molar-refractivity contribution in [1.82, 2.24) is 0 Å². The lowest BCUT2D eigenvalue weighted by molar-refractivity contribution is -0.532. The van der Waals surface area contributed by atoms with Crippen LogP contribution >= 0.6 is 0 Å². The molecule has 0 bridgehead atoms. The van der Waals surface area contributed by atoms with Crippen molar-refractivity contribution in [2.24, 2.45) is 11.8 Å². The van der Waals surface area contributed by atoms with Crippen molar-refractivity contribution in [3.63, 3.8) is 0 Å². The predicted octanol–water partition coefficient (Wildman–Crippen LogP) is 1.56. The van der Waals surface area contributed by atoms with Gasteiger partial charge in [0.1, 0.15) is 19.3 Å². The molecule has 0 aromatic heterocycles. The van der Waals surface area contributed by atoms with Crippen LogP contribution in [0.5, 0.6) is 0 Å². The summed E-state index contributed by atoms with van der Waals surface area (Å²) in [5.74, 6) is 1.45. The monoisotopic (exact) mass is 260 g/mol. The number of nitrogens with zero attached hydrogens (tertiary/aromatic N) is 1. The Hall–Kier alpha value is -0.420. The second-order valence-corrected chi connectivity index (χ2v) is 6.89. The molecule has 17 heavy (non-hydrogen) atoms. The summed E-state index contributed by atoms with van der Waals surface area (Å²) in [6.45, 7) is 1.80. The smallest absolute Gasteiger partial charge is 0.265 e. The molecule has 4 nitrogen and oxygen atoms in total. The van der Waals surface area contributed by atoms with Crippen LogP contribution in [0.1, 0.15) is 38.5 Å². The molecule has 0 spiro atoms. The highest BCUT2D eigenvalue weighted by atomic mass is 32.2. The maximum Gasteiger partial charge on any atom is 0.265 e. The van der Waals surface area contributed by atoms with Crippen molar-refractivity contribution < 1.29 is 17.5 Å². The summed E-state index contributed by atoms with van der Waals surface area (Å²) in [6, 6.07) is 0. The largest absolute Gasteiger partial charge is 0.286 e. The van der Waals surface area contributed by atoms with Gasteiger partial charge in [-0.3, -0.25) is 4.55 Å². The van der Waals surface area contributed by atoms with Gasteiger partial charge in [-0.1, -0.05) is 12.8 Å². The molecule has 1 aliphatic carbocycles. The van der Waals surface area contributed by atoms with Crippen LogP contribution in [0.15, 0.2) is 0 Å². The Kier molecular flexibility index (Phi) is 4.20. The van der Waals surface area contributed by atoms with E-state index < -0.39 is 10.1 Å². The Morgan fingerprint density at radius 1 is 1.24 bits per heavy atom. The van der Waals surface area contributed by atoms with Gasteiger partial charge in [0.15, 0.2) is 0 Å². The first-order valence-electron chi connectivity index (χ1n) is 6.59. The third kappa shape index (κ3) is 4.07. The highest BCUT2D eigenvalue weighted by molar-refractivity contribution is 7.85. The molecule has 1 saturated carbocycles. The zero-order valence-corrected chi connectivity index (χ0v) is 11.0. The normalized spacial score (nSPS) is 29.6. The van der Waals surface area contributed by atoms with E-state index in [4.69, 9.17) is 4.55 Å². The fourth-order valence-electron chi connectivity index (χ4n) is 3.10. The quantitative estimate of drug-likeness (QED) is 0.616. The first-order chi connectivity index (χ1) is 8.04. The Morgan fingerprint density at radius 3 is 2.76 bits per heavy atom. The molecule has 0 radical (unpaired) electrons. The minimum absolute atomic E-state index is 0.120. The molecular weight excluding hydrogens is 238 g/mol. The molecule has 0 amide bonds. The molecule has 1 N–H and O–H groups in total. The predicted molar refractivity (Wildman–Crippen MR) is 67.2 cm³/mol. The average molecular weight is 260 g/mol. The van der Waals surface area contributed by atoms with Gasteiger partial charge in [-0.05, 0) is 18.8 Å². The van der Waals surface area contributed by atoms with Gasteiger partial charge in [-0.15, -0.1) is 0 Å². The van der Waals surface area contributed by atoms with Crippen LogP contribution in [-0.2, 0) is 10.1 Å². The summed E-state index contributed by atoms with van der Waals surface area (Å²) < 4.78 is 32.2. The van der Waals surface area contributed by atoms with E-state index in [0.717, 1.165) is 19.0 Å². The molecule has 2 aliphatic rings. The van der Waals surface area contributed by atoms with Gasteiger partial charge in [0.05, 0.1) is 5.75 Å². The molecule has 0 aromatic carbocycles. The van der Waals surface area contributed by atoms with Crippen LogP contribution in [0, 0.1) is 11.8 Å². The van der Waals surface area contributed by atoms with Gasteiger partial charge < -0.3 is 0 Å². The summed E-state index contributed by atoms with van der Waals surface area (Å²) in [4.78, 5) is 0. The van der Waals surface area contributed by atoms with Crippen molar-refractivity contribution in [3.8, 4) is 0 Å². The lowest BCUT2D eigenvalue weighted by Crippen LogP contribution is -2.34. The standard InChI is InChI=1S/C12H21NO3S/c14-17(15,16)9-3-7-13-8-6-11-4-1-2-5-12(11)10-13/h10-12H,1-9H2/p+1. The highest BCUT2D eigenvalue weighted by Gasteiger charge is 2.31. The topological polar surface area (TPSA) is 57.4 Å². The van der Waals surface area contributed by atoms with Gasteiger partial charge in [-0.25, -0.2) is 4.58 Å². The van der Waals surface area contributed by atoms with E-state index in [1.165, 1.54) is 32.1 Å². The van der Waals surface area contributed by atoms with Gasteiger partial charge in [0, 0.05) is 18.8 Å². The Labute approximate surface area is 103 Å². The molecule has 2 rings (SSSR count). The fraction of sp³-hybridized carbons (Fsp3) is 0.917. The van der Waals surface area contributed by atoms with E-state index in [0.29, 0.717) is 12.3 Å². The summed E-state index contributed by atoms with van der Waals surface area (Å²) >= 11 is 0. The van der Waals surface area contributed by atoms with E-state index in [1.54, 1.807) is 0 Å². The van der Waals surface area contributed by atoms with E-state index in [2.05, 4.69) is 10.8 Å². The van der Waals surface area contributed by atoms with E-state index >= 15 is 0 Å². The second kappa shape index (κ2) is 5.48. The molecule has 1 aliphatic heterocycles. The first-order valence-corrected chi connectivity index (χ1v) is 8.20. The van der Waals surface area contributed by atoms with Crippen molar-refractivity contribution in [1.29, 1.82) is 0 Å². The molecule has 1 fully saturated rings. The fourth-order valence-corrected chi connectivity index (χ4v) is 3.60. The maximum atomic E-state index is 10.6. The third-order valence-corrected chi connectivity index (χ3v) is 4.81. The van der Waals surface area contributed by atoms with Crippen LogP contribution < -0.4 is 0 Å². The Balaban J connectivity index is 1.83. The Morgan fingerprint density at radius 2 is 2.00 bits per heavy atom. The maximum absolute atomic E-state index is 10.6. The molecular formula is C12H22NO3S+. The molecule has 0 aromatic rings. The van der Waals surface area contributed by atoms with Crippen LogP contribution in [-0.4, -0.2) is 42.6 Å². The molecule has 5 heteroatoms. The number of rotatable bonds is 4. The summed E-state index contributed by atoms with van der Waals surface area (Å²) in [7, 11) is -3.79. The minimum atomic E-state index is -3.79. The molecule has 2 unspecified atom stereocenters. The zero-order valence-electron chi connectivity index (χ0n) is 10.2. The zero-order chi connectivity index (χ0) is 12.3. The number of hydrogen-bond acceptors (Lipinski definition) is 2. The lowest BCUT2D eigenvalue weighted by atomic mass is 9.76. The Bertz CT molecular complexity index is 389. The molecule has 1 heterocycles. The van der Waals surface area contributed by atoms with Gasteiger partial charge >= 0.3 is 0 Å². The third-order valence-electron chi connectivity index (χ3n) is 4.00. The van der Waals surface area contributed by atoms with E-state index in [9.17, 15) is 8.42 Å². The number of fused-ring (bicyclic) bond motifs is 1. The lowest BCUT2D eigenvalue weighted by Gasteiger charge is -2.30. The second-order valence-electron chi connectivity index (χ2n) is 5.32. The van der Waals surface area contributed by atoms with Gasteiger partial charge in [0.25, 0.3) is 10.1 Å². The molecule has 0 saturated heterocycles. The van der Waals surface area contributed by atoms with Crippen molar-refractivity contribution in [3.05, 3.63) is 0 Å². The number of hydrogen-bond donors (Lipinski definition) is 1. The van der Waals surface area contributed by atoms with Crippen LogP contribution in [0.2, 0.25) is 0 Å². The molecule has 2 atom stereocenters. The van der Waals surface area contributed by atoms with E-state index in [-0.39, 0.29) is 5.75 Å². The van der Waals surface area contributed by atoms with Crippen molar-refractivity contribution >= 4 is 16.3 Å². The first kappa shape index (κ1) is 13.0. The SMILES string of the molecule is O=S(=O)(O)CCC[N+]1=CC2CCCCC2CC1. The van der Waals surface area contributed by atoms with Crippen molar-refractivity contribution in [2.45, 2.75) is 38.5 Å². The van der Waals surface area contributed by atoms with Gasteiger partial charge in [0.2, 0.25) is 0 Å².